The van der Waals surface area contributed by atoms with Gasteiger partial charge in [-0.25, -0.2) is 9.48 Å². The summed E-state index contributed by atoms with van der Waals surface area (Å²) < 4.78 is 17.3. The Kier molecular flexibility index (Phi) is 4.22. The molecule has 3 aromatic rings. The van der Waals surface area contributed by atoms with Gasteiger partial charge in [0, 0.05) is 11.8 Å². The van der Waals surface area contributed by atoms with Crippen LogP contribution in [-0.2, 0) is 4.74 Å². The van der Waals surface area contributed by atoms with E-state index in [0.29, 0.717) is 34.9 Å². The highest BCUT2D eigenvalue weighted by Crippen LogP contribution is 2.36. The Morgan fingerprint density at radius 3 is 2.74 bits per heavy atom. The minimum Gasteiger partial charge on any atom is -0.462 e. The molecule has 0 saturated carbocycles. The Bertz CT molecular complexity index is 1050. The van der Waals surface area contributed by atoms with Crippen LogP contribution in [0.3, 0.4) is 0 Å². The summed E-state index contributed by atoms with van der Waals surface area (Å²) in [7, 11) is 0. The molecular weight excluding hydrogens is 346 g/mol. The summed E-state index contributed by atoms with van der Waals surface area (Å²) in [5.41, 5.74) is 2.98. The molecule has 1 aliphatic rings. The van der Waals surface area contributed by atoms with Gasteiger partial charge in [-0.1, -0.05) is 6.07 Å². The van der Waals surface area contributed by atoms with Crippen LogP contribution in [0.2, 0.25) is 0 Å². The summed E-state index contributed by atoms with van der Waals surface area (Å²) >= 11 is 0. The molecule has 0 amide bonds. The molecule has 0 saturated heterocycles. The highest BCUT2D eigenvalue weighted by molar-refractivity contribution is 5.89. The van der Waals surface area contributed by atoms with E-state index in [2.05, 4.69) is 11.2 Å². The molecular formula is C20H15N3O4. The number of aromatic nitrogens is 2. The largest absolute Gasteiger partial charge is 0.462 e. The molecule has 27 heavy (non-hydrogen) atoms. The van der Waals surface area contributed by atoms with E-state index in [9.17, 15) is 10.1 Å². The number of benzene rings is 2. The molecule has 0 unspecified atom stereocenters. The van der Waals surface area contributed by atoms with E-state index in [1.165, 1.54) is 0 Å². The first-order chi connectivity index (χ1) is 13.2. The molecule has 1 aliphatic heterocycles. The van der Waals surface area contributed by atoms with Gasteiger partial charge in [-0.15, -0.1) is 0 Å². The van der Waals surface area contributed by atoms with E-state index in [1.54, 1.807) is 42.1 Å². The standard InChI is InChI=1S/C20H15N3O4/c1-2-25-20(24)13-3-6-15(7-4-13)23-11-16(17(10-21)22-23)14-5-8-18-19(9-14)27-12-26-18/h3-9,11H,2,12H2,1H3. The van der Waals surface area contributed by atoms with Crippen LogP contribution < -0.4 is 9.47 Å². The van der Waals surface area contributed by atoms with Crippen LogP contribution in [0.5, 0.6) is 11.5 Å². The third kappa shape index (κ3) is 3.09. The second kappa shape index (κ2) is 6.84. The maximum absolute atomic E-state index is 11.8. The van der Waals surface area contributed by atoms with Crippen LogP contribution in [0.25, 0.3) is 16.8 Å². The third-order valence-electron chi connectivity index (χ3n) is 4.15. The molecule has 134 valence electrons. The second-order valence-corrected chi connectivity index (χ2v) is 5.78. The molecule has 0 bridgehead atoms. The molecule has 0 aliphatic carbocycles. The topological polar surface area (TPSA) is 86.4 Å². The summed E-state index contributed by atoms with van der Waals surface area (Å²) in [6.45, 7) is 2.28. The Morgan fingerprint density at radius 1 is 1.22 bits per heavy atom. The molecule has 7 heteroatoms. The van der Waals surface area contributed by atoms with Gasteiger partial charge < -0.3 is 14.2 Å². The SMILES string of the molecule is CCOC(=O)c1ccc(-n2cc(-c3ccc4c(c3)OCO4)c(C#N)n2)cc1. The smallest absolute Gasteiger partial charge is 0.338 e. The van der Waals surface area contributed by atoms with Gasteiger partial charge in [0.25, 0.3) is 0 Å². The molecule has 0 fully saturated rings. The van der Waals surface area contributed by atoms with E-state index in [0.717, 1.165) is 11.3 Å². The van der Waals surface area contributed by atoms with Gasteiger partial charge in [-0.05, 0) is 48.9 Å². The quantitative estimate of drug-likeness (QED) is 0.663. The van der Waals surface area contributed by atoms with Crippen LogP contribution in [0.4, 0.5) is 0 Å². The molecule has 7 nitrogen and oxygen atoms in total. The molecule has 0 atom stereocenters. The molecule has 1 aromatic heterocycles. The Hall–Kier alpha value is -3.79. The first-order valence-corrected chi connectivity index (χ1v) is 8.37. The number of carbonyl (C=O) groups is 1. The summed E-state index contributed by atoms with van der Waals surface area (Å²) in [5.74, 6) is 0.949. The highest BCUT2D eigenvalue weighted by atomic mass is 16.7. The zero-order chi connectivity index (χ0) is 18.8. The number of ether oxygens (including phenoxy) is 3. The fraction of sp³-hybridized carbons (Fsp3) is 0.150. The van der Waals surface area contributed by atoms with Crippen molar-refractivity contribution in [1.29, 1.82) is 5.26 Å². The summed E-state index contributed by atoms with van der Waals surface area (Å²) in [5, 5.41) is 13.8. The first-order valence-electron chi connectivity index (χ1n) is 8.37. The van der Waals surface area contributed by atoms with Crippen LogP contribution in [-0.4, -0.2) is 29.1 Å². The average molecular weight is 361 g/mol. The lowest BCUT2D eigenvalue weighted by Gasteiger charge is -2.04. The molecule has 0 N–H and O–H groups in total. The van der Waals surface area contributed by atoms with Crippen molar-refractivity contribution < 1.29 is 19.0 Å². The van der Waals surface area contributed by atoms with E-state index < -0.39 is 0 Å². The number of nitrogens with zero attached hydrogens (tertiary/aromatic N) is 3. The number of hydrogen-bond acceptors (Lipinski definition) is 6. The fourth-order valence-corrected chi connectivity index (χ4v) is 2.83. The van der Waals surface area contributed by atoms with E-state index >= 15 is 0 Å². The maximum atomic E-state index is 11.8. The Morgan fingerprint density at radius 2 is 2.00 bits per heavy atom. The lowest BCUT2D eigenvalue weighted by molar-refractivity contribution is 0.0526. The molecule has 2 aromatic carbocycles. The number of fused-ring (bicyclic) bond motifs is 1. The van der Waals surface area contributed by atoms with Crippen molar-refractivity contribution in [1.82, 2.24) is 9.78 Å². The third-order valence-corrected chi connectivity index (χ3v) is 4.15. The van der Waals surface area contributed by atoms with Crippen LogP contribution in [0.15, 0.2) is 48.7 Å². The van der Waals surface area contributed by atoms with Crippen molar-refractivity contribution in [2.75, 3.05) is 13.4 Å². The molecule has 2 heterocycles. The predicted octanol–water partition coefficient (Wildman–Crippen LogP) is 3.32. The zero-order valence-electron chi connectivity index (χ0n) is 14.5. The van der Waals surface area contributed by atoms with Crippen molar-refractivity contribution >= 4 is 5.97 Å². The van der Waals surface area contributed by atoms with Crippen molar-refractivity contribution in [3.63, 3.8) is 0 Å². The van der Waals surface area contributed by atoms with Crippen LogP contribution in [0.1, 0.15) is 23.0 Å². The van der Waals surface area contributed by atoms with E-state index in [-0.39, 0.29) is 12.8 Å². The van der Waals surface area contributed by atoms with Gasteiger partial charge >= 0.3 is 5.97 Å². The van der Waals surface area contributed by atoms with E-state index in [4.69, 9.17) is 14.2 Å². The van der Waals surface area contributed by atoms with Gasteiger partial charge in [-0.2, -0.15) is 10.4 Å². The highest BCUT2D eigenvalue weighted by Gasteiger charge is 2.18. The summed E-state index contributed by atoms with van der Waals surface area (Å²) in [6, 6.07) is 14.5. The summed E-state index contributed by atoms with van der Waals surface area (Å²) in [6.07, 6.45) is 1.77. The minimum atomic E-state index is -0.372. The van der Waals surface area contributed by atoms with Crippen molar-refractivity contribution in [2.24, 2.45) is 0 Å². The van der Waals surface area contributed by atoms with Crippen molar-refractivity contribution in [3.8, 4) is 34.4 Å². The Labute approximate surface area is 155 Å². The molecule has 0 spiro atoms. The van der Waals surface area contributed by atoms with Gasteiger partial charge in [0.05, 0.1) is 17.9 Å². The van der Waals surface area contributed by atoms with Crippen LogP contribution >= 0.6 is 0 Å². The number of nitriles is 1. The lowest BCUT2D eigenvalue weighted by Crippen LogP contribution is -2.04. The normalized spacial score (nSPS) is 11.9. The number of carbonyl (C=O) groups excluding carboxylic acids is 1. The number of esters is 1. The number of rotatable bonds is 4. The Balaban J connectivity index is 1.68. The molecule has 4 rings (SSSR count). The van der Waals surface area contributed by atoms with Crippen molar-refractivity contribution in [2.45, 2.75) is 6.92 Å². The predicted molar refractivity (Wildman–Crippen MR) is 95.8 cm³/mol. The monoisotopic (exact) mass is 361 g/mol. The van der Waals surface area contributed by atoms with E-state index in [1.807, 2.05) is 18.2 Å². The minimum absolute atomic E-state index is 0.190. The average Bonchev–Trinajstić information content (AvgIpc) is 3.34. The zero-order valence-corrected chi connectivity index (χ0v) is 14.5. The second-order valence-electron chi connectivity index (χ2n) is 5.78. The summed E-state index contributed by atoms with van der Waals surface area (Å²) in [4.78, 5) is 11.8. The van der Waals surface area contributed by atoms with Gasteiger partial charge in [0.15, 0.2) is 17.2 Å². The van der Waals surface area contributed by atoms with Gasteiger partial charge in [0.2, 0.25) is 6.79 Å². The van der Waals surface area contributed by atoms with Gasteiger partial charge in [-0.3, -0.25) is 0 Å². The van der Waals surface area contributed by atoms with Crippen LogP contribution in [0, 0.1) is 11.3 Å². The fourth-order valence-electron chi connectivity index (χ4n) is 2.83. The van der Waals surface area contributed by atoms with Gasteiger partial charge in [0.1, 0.15) is 6.07 Å². The molecule has 0 radical (unpaired) electrons. The maximum Gasteiger partial charge on any atom is 0.338 e. The van der Waals surface area contributed by atoms with Crippen molar-refractivity contribution in [3.05, 3.63) is 59.9 Å². The number of hydrogen-bond donors (Lipinski definition) is 0. The first kappa shape index (κ1) is 16.7. The lowest BCUT2D eigenvalue weighted by atomic mass is 10.1.